The first-order valence-electron chi connectivity index (χ1n) is 6.39. The number of pyridine rings is 1. The van der Waals surface area contributed by atoms with Gasteiger partial charge in [-0.15, -0.1) is 0 Å². The number of nitrogens with zero attached hydrogens (tertiary/aromatic N) is 1. The van der Waals surface area contributed by atoms with Gasteiger partial charge in [0.05, 0.1) is 0 Å². The average Bonchev–Trinajstić information content (AvgIpc) is 2.42. The lowest BCUT2D eigenvalue weighted by Crippen LogP contribution is -2.38. The summed E-state index contributed by atoms with van der Waals surface area (Å²) in [7, 11) is 0. The summed E-state index contributed by atoms with van der Waals surface area (Å²) in [6, 6.07) is 10.3. The lowest BCUT2D eigenvalue weighted by atomic mass is 9.97. The first kappa shape index (κ1) is 13.5. The molecule has 100 valence electrons. The Hall–Kier alpha value is -1.91. The van der Waals surface area contributed by atoms with Crippen molar-refractivity contribution in [1.29, 1.82) is 0 Å². The van der Waals surface area contributed by atoms with Crippen LogP contribution in [-0.2, 0) is 12.8 Å². The number of hydrogen-bond acceptors (Lipinski definition) is 4. The number of rotatable bonds is 5. The molecule has 2 rings (SSSR count). The molecule has 4 heteroatoms. The highest BCUT2D eigenvalue weighted by molar-refractivity contribution is 5.44. The number of benzene rings is 1. The molecular weight excluding hydrogens is 236 g/mol. The van der Waals surface area contributed by atoms with Crippen LogP contribution in [0.4, 0.5) is 5.69 Å². The fraction of sp³-hybridized carbons (Fsp3) is 0.267. The second-order valence-corrected chi connectivity index (χ2v) is 4.77. The second kappa shape index (κ2) is 6.31. The van der Waals surface area contributed by atoms with Gasteiger partial charge in [0.1, 0.15) is 0 Å². The average molecular weight is 256 g/mol. The van der Waals surface area contributed by atoms with Crippen LogP contribution in [0.2, 0.25) is 0 Å². The quantitative estimate of drug-likeness (QED) is 0.561. The standard InChI is InChI=1S/C15H20N4/c1-11-4-2-3-5-12(11)8-14(19-17)9-13-10-18-7-6-15(13)16/h2-7,10,14,19H,8-9,17H2,1H3,(H2,16,18). The summed E-state index contributed by atoms with van der Waals surface area (Å²) in [5.74, 6) is 5.66. The fourth-order valence-corrected chi connectivity index (χ4v) is 2.17. The Morgan fingerprint density at radius 3 is 2.58 bits per heavy atom. The van der Waals surface area contributed by atoms with Gasteiger partial charge >= 0.3 is 0 Å². The van der Waals surface area contributed by atoms with Gasteiger partial charge in [-0.2, -0.15) is 0 Å². The van der Waals surface area contributed by atoms with E-state index in [0.29, 0.717) is 0 Å². The van der Waals surface area contributed by atoms with Crippen LogP contribution in [0.25, 0.3) is 0 Å². The first-order chi connectivity index (χ1) is 9.20. The molecule has 2 aromatic rings. The number of nitrogens with one attached hydrogen (secondary N) is 1. The van der Waals surface area contributed by atoms with Crippen LogP contribution in [-0.4, -0.2) is 11.0 Å². The Kier molecular flexibility index (Phi) is 4.49. The van der Waals surface area contributed by atoms with Gasteiger partial charge in [0, 0.05) is 24.1 Å². The monoisotopic (exact) mass is 256 g/mol. The van der Waals surface area contributed by atoms with E-state index in [4.69, 9.17) is 11.6 Å². The zero-order valence-corrected chi connectivity index (χ0v) is 11.1. The molecule has 0 aliphatic heterocycles. The fourth-order valence-electron chi connectivity index (χ4n) is 2.17. The normalized spacial score (nSPS) is 12.3. The molecule has 0 radical (unpaired) electrons. The van der Waals surface area contributed by atoms with Crippen molar-refractivity contribution >= 4 is 5.69 Å². The predicted molar refractivity (Wildman–Crippen MR) is 78.3 cm³/mol. The summed E-state index contributed by atoms with van der Waals surface area (Å²) in [5, 5.41) is 0. The molecular formula is C15H20N4. The molecule has 19 heavy (non-hydrogen) atoms. The minimum absolute atomic E-state index is 0.146. The van der Waals surface area contributed by atoms with Crippen molar-refractivity contribution < 1.29 is 0 Å². The zero-order valence-electron chi connectivity index (χ0n) is 11.1. The number of hydrogen-bond donors (Lipinski definition) is 3. The van der Waals surface area contributed by atoms with E-state index in [1.54, 1.807) is 12.4 Å². The summed E-state index contributed by atoms with van der Waals surface area (Å²) in [6.45, 7) is 2.11. The smallest absolute Gasteiger partial charge is 0.0378 e. The second-order valence-electron chi connectivity index (χ2n) is 4.77. The molecule has 5 N–H and O–H groups in total. The molecule has 0 bridgehead atoms. The van der Waals surface area contributed by atoms with E-state index in [0.717, 1.165) is 24.1 Å². The third kappa shape index (κ3) is 3.53. The maximum atomic E-state index is 5.94. The van der Waals surface area contributed by atoms with Crippen LogP contribution < -0.4 is 17.0 Å². The Morgan fingerprint density at radius 2 is 1.89 bits per heavy atom. The summed E-state index contributed by atoms with van der Waals surface area (Å²) in [5.41, 5.74) is 13.2. The van der Waals surface area contributed by atoms with E-state index < -0.39 is 0 Å². The molecule has 1 unspecified atom stereocenters. The maximum Gasteiger partial charge on any atom is 0.0378 e. The number of aryl methyl sites for hydroxylation is 1. The Labute approximate surface area is 113 Å². The third-order valence-electron chi connectivity index (χ3n) is 3.37. The topological polar surface area (TPSA) is 77.0 Å². The molecule has 0 aliphatic rings. The van der Waals surface area contributed by atoms with Crippen molar-refractivity contribution in [3.05, 3.63) is 59.4 Å². The van der Waals surface area contributed by atoms with Crippen LogP contribution in [0.3, 0.4) is 0 Å². The summed E-state index contributed by atoms with van der Waals surface area (Å²) in [4.78, 5) is 4.11. The van der Waals surface area contributed by atoms with Crippen LogP contribution >= 0.6 is 0 Å². The Balaban J connectivity index is 2.09. The van der Waals surface area contributed by atoms with E-state index in [1.165, 1.54) is 11.1 Å². The zero-order chi connectivity index (χ0) is 13.7. The van der Waals surface area contributed by atoms with Gasteiger partial charge in [-0.25, -0.2) is 0 Å². The highest BCUT2D eigenvalue weighted by atomic mass is 15.2. The molecule has 1 aromatic carbocycles. The van der Waals surface area contributed by atoms with Gasteiger partial charge in [-0.3, -0.25) is 16.3 Å². The van der Waals surface area contributed by atoms with Crippen molar-refractivity contribution in [2.45, 2.75) is 25.8 Å². The van der Waals surface area contributed by atoms with E-state index in [2.05, 4.69) is 29.5 Å². The van der Waals surface area contributed by atoms with E-state index in [9.17, 15) is 0 Å². The summed E-state index contributed by atoms with van der Waals surface area (Å²) in [6.07, 6.45) is 5.14. The highest BCUT2D eigenvalue weighted by Gasteiger charge is 2.12. The van der Waals surface area contributed by atoms with Crippen molar-refractivity contribution in [3.63, 3.8) is 0 Å². The van der Waals surface area contributed by atoms with E-state index >= 15 is 0 Å². The minimum atomic E-state index is 0.146. The first-order valence-corrected chi connectivity index (χ1v) is 6.39. The molecule has 0 saturated carbocycles. The van der Waals surface area contributed by atoms with Crippen molar-refractivity contribution in [2.75, 3.05) is 5.73 Å². The van der Waals surface area contributed by atoms with Gasteiger partial charge in [0.2, 0.25) is 0 Å². The molecule has 1 heterocycles. The van der Waals surface area contributed by atoms with Crippen LogP contribution in [0.5, 0.6) is 0 Å². The minimum Gasteiger partial charge on any atom is -0.398 e. The van der Waals surface area contributed by atoms with Crippen LogP contribution in [0.15, 0.2) is 42.7 Å². The van der Waals surface area contributed by atoms with Crippen molar-refractivity contribution in [2.24, 2.45) is 5.84 Å². The number of aromatic nitrogens is 1. The Bertz CT molecular complexity index is 492. The SMILES string of the molecule is Cc1ccccc1CC(Cc1cnccc1N)NN. The molecule has 0 amide bonds. The molecule has 1 atom stereocenters. The maximum absolute atomic E-state index is 5.94. The molecule has 0 fully saturated rings. The van der Waals surface area contributed by atoms with Crippen molar-refractivity contribution in [3.8, 4) is 0 Å². The number of hydrazine groups is 1. The summed E-state index contributed by atoms with van der Waals surface area (Å²) < 4.78 is 0. The molecule has 0 spiro atoms. The molecule has 4 nitrogen and oxygen atoms in total. The van der Waals surface area contributed by atoms with Gasteiger partial charge in [-0.05, 0) is 42.5 Å². The van der Waals surface area contributed by atoms with Crippen molar-refractivity contribution in [1.82, 2.24) is 10.4 Å². The number of nitrogen functional groups attached to an aromatic ring is 1. The van der Waals surface area contributed by atoms with Gasteiger partial charge < -0.3 is 5.73 Å². The number of nitrogens with two attached hydrogens (primary N) is 2. The molecule has 1 aromatic heterocycles. The lowest BCUT2D eigenvalue weighted by molar-refractivity contribution is 0.521. The lowest BCUT2D eigenvalue weighted by Gasteiger charge is -2.18. The van der Waals surface area contributed by atoms with Gasteiger partial charge in [-0.1, -0.05) is 24.3 Å². The molecule has 0 saturated heterocycles. The van der Waals surface area contributed by atoms with Gasteiger partial charge in [0.25, 0.3) is 0 Å². The largest absolute Gasteiger partial charge is 0.398 e. The van der Waals surface area contributed by atoms with Gasteiger partial charge in [0.15, 0.2) is 0 Å². The Morgan fingerprint density at radius 1 is 1.16 bits per heavy atom. The van der Waals surface area contributed by atoms with Crippen LogP contribution in [0.1, 0.15) is 16.7 Å². The number of anilines is 1. The third-order valence-corrected chi connectivity index (χ3v) is 3.37. The van der Waals surface area contributed by atoms with E-state index in [1.807, 2.05) is 18.2 Å². The highest BCUT2D eigenvalue weighted by Crippen LogP contribution is 2.15. The predicted octanol–water partition coefficient (Wildman–Crippen LogP) is 1.59. The van der Waals surface area contributed by atoms with Crippen LogP contribution in [0, 0.1) is 6.92 Å². The molecule has 0 aliphatic carbocycles. The van der Waals surface area contributed by atoms with E-state index in [-0.39, 0.29) is 6.04 Å². The summed E-state index contributed by atoms with van der Waals surface area (Å²) >= 11 is 0.